The average Bonchev–Trinajstić information content (AvgIpc) is 3.09. The Balaban J connectivity index is 1.68. The smallest absolute Gasteiger partial charge is 0.419 e. The maximum atomic E-state index is 13.3. The Morgan fingerprint density at radius 1 is 1.27 bits per heavy atom. The van der Waals surface area contributed by atoms with Crippen molar-refractivity contribution in [2.45, 2.75) is 18.7 Å². The van der Waals surface area contributed by atoms with E-state index in [1.807, 2.05) is 0 Å². The Labute approximate surface area is 145 Å². The molecule has 1 aromatic carbocycles. The minimum atomic E-state index is -4.85. The summed E-state index contributed by atoms with van der Waals surface area (Å²) in [7, 11) is 0. The van der Waals surface area contributed by atoms with Gasteiger partial charge in [-0.1, -0.05) is 0 Å². The van der Waals surface area contributed by atoms with Crippen LogP contribution in [0.25, 0.3) is 0 Å². The molecular formula is C17H14F4N2O3. The Morgan fingerprint density at radius 2 is 2.08 bits per heavy atom. The average molecular weight is 370 g/mol. The van der Waals surface area contributed by atoms with E-state index < -0.39 is 23.5 Å². The molecule has 5 nitrogen and oxygen atoms in total. The predicted molar refractivity (Wildman–Crippen MR) is 83.4 cm³/mol. The molecule has 0 bridgehead atoms. The Morgan fingerprint density at radius 3 is 2.69 bits per heavy atom. The number of aromatic nitrogens is 1. The zero-order valence-corrected chi connectivity index (χ0v) is 13.3. The van der Waals surface area contributed by atoms with Crippen LogP contribution in [-0.4, -0.2) is 30.2 Å². The van der Waals surface area contributed by atoms with Crippen LogP contribution >= 0.6 is 0 Å². The molecule has 1 fully saturated rings. The molecule has 1 aromatic heterocycles. The molecule has 1 atom stereocenters. The van der Waals surface area contributed by atoms with Gasteiger partial charge in [0.1, 0.15) is 11.9 Å². The molecule has 0 radical (unpaired) electrons. The van der Waals surface area contributed by atoms with Crippen LogP contribution in [-0.2, 0) is 10.9 Å². The second kappa shape index (κ2) is 7.28. The fraction of sp³-hybridized carbons (Fsp3) is 0.294. The van der Waals surface area contributed by atoms with Gasteiger partial charge in [-0.15, -0.1) is 0 Å². The van der Waals surface area contributed by atoms with Crippen molar-refractivity contribution in [3.05, 3.63) is 53.5 Å². The largest absolute Gasteiger partial charge is 0.472 e. The lowest BCUT2D eigenvalue weighted by atomic mass is 10.1. The summed E-state index contributed by atoms with van der Waals surface area (Å²) in [6.07, 6.45) is -2.96. The van der Waals surface area contributed by atoms with Crippen molar-refractivity contribution >= 4 is 11.6 Å². The second-order valence-corrected chi connectivity index (χ2v) is 5.64. The van der Waals surface area contributed by atoms with E-state index in [1.54, 1.807) is 0 Å². The number of hydrogen-bond acceptors (Lipinski definition) is 4. The van der Waals surface area contributed by atoms with Gasteiger partial charge in [0.05, 0.1) is 24.3 Å². The topological polar surface area (TPSA) is 60.5 Å². The lowest BCUT2D eigenvalue weighted by molar-refractivity contribution is -0.139. The van der Waals surface area contributed by atoms with E-state index >= 15 is 0 Å². The summed E-state index contributed by atoms with van der Waals surface area (Å²) in [5.74, 6) is -1.76. The van der Waals surface area contributed by atoms with Crippen LogP contribution in [0.5, 0.6) is 5.88 Å². The highest BCUT2D eigenvalue weighted by Crippen LogP contribution is 2.33. The first kappa shape index (κ1) is 18.1. The van der Waals surface area contributed by atoms with Crippen LogP contribution in [0, 0.1) is 5.82 Å². The molecule has 0 spiro atoms. The molecule has 2 heterocycles. The third-order valence-electron chi connectivity index (χ3n) is 3.70. The number of alkyl halides is 3. The Bertz CT molecular complexity index is 788. The summed E-state index contributed by atoms with van der Waals surface area (Å²) in [5, 5.41) is 2.28. The van der Waals surface area contributed by atoms with Crippen molar-refractivity contribution in [2.24, 2.45) is 0 Å². The maximum absolute atomic E-state index is 13.3. The summed E-state index contributed by atoms with van der Waals surface area (Å²) in [5.41, 5.74) is -1.50. The van der Waals surface area contributed by atoms with Gasteiger partial charge in [0, 0.05) is 24.4 Å². The van der Waals surface area contributed by atoms with Crippen molar-refractivity contribution < 1.29 is 31.8 Å². The molecule has 2 aromatic rings. The number of pyridine rings is 1. The van der Waals surface area contributed by atoms with Gasteiger partial charge in [-0.05, 0) is 24.3 Å². The molecule has 1 aliphatic rings. The van der Waals surface area contributed by atoms with E-state index in [-0.39, 0.29) is 17.4 Å². The monoisotopic (exact) mass is 370 g/mol. The van der Waals surface area contributed by atoms with Gasteiger partial charge >= 0.3 is 6.18 Å². The second-order valence-electron chi connectivity index (χ2n) is 5.64. The molecule has 26 heavy (non-hydrogen) atoms. The third kappa shape index (κ3) is 4.29. The van der Waals surface area contributed by atoms with Gasteiger partial charge in [-0.2, -0.15) is 13.2 Å². The first-order chi connectivity index (χ1) is 12.3. The number of nitrogens with zero attached hydrogens (tertiary/aromatic N) is 1. The number of hydrogen-bond donors (Lipinski definition) is 1. The quantitative estimate of drug-likeness (QED) is 0.835. The van der Waals surface area contributed by atoms with Gasteiger partial charge in [-0.3, -0.25) is 4.79 Å². The fourth-order valence-electron chi connectivity index (χ4n) is 2.38. The molecular weight excluding hydrogens is 356 g/mol. The van der Waals surface area contributed by atoms with Gasteiger partial charge in [0.25, 0.3) is 5.91 Å². The lowest BCUT2D eigenvalue weighted by Crippen LogP contribution is -2.17. The van der Waals surface area contributed by atoms with Crippen molar-refractivity contribution in [3.8, 4) is 5.88 Å². The Hall–Kier alpha value is -2.68. The first-order valence-electron chi connectivity index (χ1n) is 7.71. The molecule has 0 saturated carbocycles. The number of rotatable bonds is 4. The van der Waals surface area contributed by atoms with Crippen LogP contribution < -0.4 is 10.1 Å². The number of carbonyl (C=O) groups is 1. The minimum Gasteiger partial charge on any atom is -0.472 e. The summed E-state index contributed by atoms with van der Waals surface area (Å²) >= 11 is 0. The fourth-order valence-corrected chi connectivity index (χ4v) is 2.38. The van der Waals surface area contributed by atoms with Gasteiger partial charge in [0.2, 0.25) is 5.88 Å². The number of amides is 1. The molecule has 1 N–H and O–H groups in total. The van der Waals surface area contributed by atoms with Gasteiger partial charge < -0.3 is 14.8 Å². The summed E-state index contributed by atoms with van der Waals surface area (Å²) in [6, 6.07) is 5.16. The van der Waals surface area contributed by atoms with E-state index in [9.17, 15) is 22.4 Å². The van der Waals surface area contributed by atoms with Gasteiger partial charge in [0.15, 0.2) is 0 Å². The molecule has 0 aliphatic carbocycles. The zero-order valence-electron chi connectivity index (χ0n) is 13.3. The van der Waals surface area contributed by atoms with Crippen LogP contribution in [0.15, 0.2) is 36.5 Å². The number of anilines is 1. The molecule has 1 saturated heterocycles. The van der Waals surface area contributed by atoms with Crippen molar-refractivity contribution in [1.82, 2.24) is 4.98 Å². The molecule has 9 heteroatoms. The zero-order chi connectivity index (χ0) is 18.7. The van der Waals surface area contributed by atoms with Crippen LogP contribution in [0.1, 0.15) is 22.3 Å². The third-order valence-corrected chi connectivity index (χ3v) is 3.70. The molecule has 3 rings (SSSR count). The normalized spacial score (nSPS) is 17.2. The van der Waals surface area contributed by atoms with Gasteiger partial charge in [-0.25, -0.2) is 9.37 Å². The minimum absolute atomic E-state index is 0.0952. The van der Waals surface area contributed by atoms with E-state index in [0.717, 1.165) is 12.5 Å². The summed E-state index contributed by atoms with van der Waals surface area (Å²) in [4.78, 5) is 16.1. The van der Waals surface area contributed by atoms with Crippen molar-refractivity contribution in [3.63, 3.8) is 0 Å². The number of ether oxygens (including phenoxy) is 2. The number of carbonyl (C=O) groups excluding carboxylic acids is 1. The summed E-state index contributed by atoms with van der Waals surface area (Å²) in [6.45, 7) is 1.08. The molecule has 138 valence electrons. The number of nitrogens with one attached hydrogen (secondary N) is 1. The lowest BCUT2D eigenvalue weighted by Gasteiger charge is -2.12. The van der Waals surface area contributed by atoms with Crippen LogP contribution in [0.2, 0.25) is 0 Å². The van der Waals surface area contributed by atoms with Crippen LogP contribution in [0.4, 0.5) is 23.2 Å². The predicted octanol–water partition coefficient (Wildman–Crippen LogP) is 3.66. The first-order valence-corrected chi connectivity index (χ1v) is 7.71. The molecule has 1 amide bonds. The maximum Gasteiger partial charge on any atom is 0.419 e. The van der Waals surface area contributed by atoms with E-state index in [2.05, 4.69) is 10.3 Å². The number of benzene rings is 1. The van der Waals surface area contributed by atoms with Crippen LogP contribution in [0.3, 0.4) is 0 Å². The highest BCUT2D eigenvalue weighted by Gasteiger charge is 2.34. The SMILES string of the molecule is O=C(Nc1ccc(F)c(C(F)(F)F)c1)c1ccc(OC2CCOC2)nc1. The van der Waals surface area contributed by atoms with Crippen molar-refractivity contribution in [2.75, 3.05) is 18.5 Å². The van der Waals surface area contributed by atoms with E-state index in [1.165, 1.54) is 18.3 Å². The number of halogens is 4. The van der Waals surface area contributed by atoms with Crippen molar-refractivity contribution in [1.29, 1.82) is 0 Å². The standard InChI is InChI=1S/C17H14F4N2O3/c18-14-3-2-11(7-13(14)17(19,20)21)23-16(24)10-1-4-15(22-8-10)26-12-5-6-25-9-12/h1-4,7-8,12H,5-6,9H2,(H,23,24). The highest BCUT2D eigenvalue weighted by molar-refractivity contribution is 6.04. The molecule has 1 aliphatic heterocycles. The summed E-state index contributed by atoms with van der Waals surface area (Å²) < 4.78 is 62.2. The highest BCUT2D eigenvalue weighted by atomic mass is 19.4. The van der Waals surface area contributed by atoms with E-state index in [4.69, 9.17) is 9.47 Å². The Kier molecular flexibility index (Phi) is 5.08. The molecule has 1 unspecified atom stereocenters. The van der Waals surface area contributed by atoms with E-state index in [0.29, 0.717) is 31.2 Å².